The van der Waals surface area contributed by atoms with Gasteiger partial charge in [0.1, 0.15) is 17.0 Å². The van der Waals surface area contributed by atoms with Crippen LogP contribution >= 0.6 is 39.1 Å². The summed E-state index contributed by atoms with van der Waals surface area (Å²) in [6.07, 6.45) is -3.45. The Morgan fingerprint density at radius 2 is 1.88 bits per heavy atom. The highest BCUT2D eigenvalue weighted by atomic mass is 79.9. The van der Waals surface area contributed by atoms with Crippen LogP contribution < -0.4 is 15.4 Å². The van der Waals surface area contributed by atoms with Gasteiger partial charge in [-0.3, -0.25) is 9.59 Å². The van der Waals surface area contributed by atoms with E-state index >= 15 is 0 Å². The number of halogens is 6. The number of carbonyl (C=O) groups excluding carboxylic acids is 2. The highest BCUT2D eigenvalue weighted by Crippen LogP contribution is 2.32. The number of ether oxygens (including phenoxy) is 1. The molecule has 11 nitrogen and oxygen atoms in total. The predicted octanol–water partition coefficient (Wildman–Crippen LogP) is 5.95. The number of fused-ring (bicyclic) bond motifs is 1. The van der Waals surface area contributed by atoms with Crippen LogP contribution in [-0.4, -0.2) is 55.0 Å². The van der Waals surface area contributed by atoms with Crippen molar-refractivity contribution in [2.45, 2.75) is 19.8 Å². The molecule has 3 heterocycles. The Kier molecular flexibility index (Phi) is 8.31. The van der Waals surface area contributed by atoms with Gasteiger partial charge in [-0.15, -0.1) is 18.3 Å². The van der Waals surface area contributed by atoms with Crippen molar-refractivity contribution in [1.29, 1.82) is 0 Å². The SMILES string of the molecule is CNC(=O)c1cc(Cl)cc(C)c1NC(=O)c1cc(Cn2nnc3c(Br)cc(OC(F)(F)F)cc32)nn1-c1ncccc1Cl. The van der Waals surface area contributed by atoms with Crippen LogP contribution in [0.2, 0.25) is 10.0 Å². The summed E-state index contributed by atoms with van der Waals surface area (Å²) in [5.74, 6) is -1.48. The van der Waals surface area contributed by atoms with Crippen LogP contribution in [0.25, 0.3) is 16.9 Å². The second kappa shape index (κ2) is 11.8. The zero-order valence-corrected chi connectivity index (χ0v) is 25.1. The smallest absolute Gasteiger partial charge is 0.406 e. The number of amides is 2. The largest absolute Gasteiger partial charge is 0.573 e. The number of hydrogen-bond donors (Lipinski definition) is 2. The molecular weight excluding hydrogens is 680 g/mol. The molecule has 0 saturated heterocycles. The van der Waals surface area contributed by atoms with Crippen molar-refractivity contribution in [1.82, 2.24) is 35.1 Å². The summed E-state index contributed by atoms with van der Waals surface area (Å²) in [6.45, 7) is 1.57. The zero-order chi connectivity index (χ0) is 31.1. The van der Waals surface area contributed by atoms with Crippen molar-refractivity contribution in [3.05, 3.63) is 85.7 Å². The van der Waals surface area contributed by atoms with Crippen molar-refractivity contribution >= 4 is 67.7 Å². The minimum Gasteiger partial charge on any atom is -0.406 e. The second-order valence-electron chi connectivity index (χ2n) is 8.99. The Morgan fingerprint density at radius 3 is 2.58 bits per heavy atom. The first kappa shape index (κ1) is 30.3. The van der Waals surface area contributed by atoms with Crippen LogP contribution in [-0.2, 0) is 6.54 Å². The van der Waals surface area contributed by atoms with Gasteiger partial charge >= 0.3 is 6.36 Å². The number of carbonyl (C=O) groups is 2. The summed E-state index contributed by atoms with van der Waals surface area (Å²) in [6, 6.07) is 9.87. The average molecular weight is 698 g/mol. The molecular formula is C26H18BrCl2F3N8O3. The molecule has 2 amide bonds. The Morgan fingerprint density at radius 1 is 1.12 bits per heavy atom. The van der Waals surface area contributed by atoms with Gasteiger partial charge in [-0.1, -0.05) is 28.4 Å². The molecule has 43 heavy (non-hydrogen) atoms. The number of pyridine rings is 1. The molecule has 5 aromatic rings. The third-order valence-electron chi connectivity index (χ3n) is 6.04. The molecule has 0 radical (unpaired) electrons. The van der Waals surface area contributed by atoms with E-state index in [4.69, 9.17) is 23.2 Å². The Balaban J connectivity index is 1.57. The van der Waals surface area contributed by atoms with E-state index < -0.39 is 23.9 Å². The fraction of sp³-hybridized carbons (Fsp3) is 0.154. The fourth-order valence-electron chi connectivity index (χ4n) is 4.23. The van der Waals surface area contributed by atoms with Crippen molar-refractivity contribution in [2.24, 2.45) is 0 Å². The van der Waals surface area contributed by atoms with E-state index in [2.05, 4.69) is 51.7 Å². The van der Waals surface area contributed by atoms with E-state index in [9.17, 15) is 22.8 Å². The summed E-state index contributed by atoms with van der Waals surface area (Å²) < 4.78 is 45.5. The lowest BCUT2D eigenvalue weighted by Crippen LogP contribution is -2.23. The average Bonchev–Trinajstić information content (AvgIpc) is 3.53. The van der Waals surface area contributed by atoms with Gasteiger partial charge in [-0.05, 0) is 64.8 Å². The van der Waals surface area contributed by atoms with Gasteiger partial charge in [0.25, 0.3) is 11.8 Å². The van der Waals surface area contributed by atoms with E-state index in [-0.39, 0.29) is 55.5 Å². The van der Waals surface area contributed by atoms with E-state index in [1.807, 2.05) is 0 Å². The zero-order valence-electron chi connectivity index (χ0n) is 22.0. The van der Waals surface area contributed by atoms with Gasteiger partial charge in [-0.25, -0.2) is 14.3 Å². The van der Waals surface area contributed by atoms with Gasteiger partial charge in [0, 0.05) is 24.3 Å². The number of aromatic nitrogens is 6. The lowest BCUT2D eigenvalue weighted by Gasteiger charge is -2.14. The number of anilines is 1. The molecule has 0 saturated carbocycles. The highest BCUT2D eigenvalue weighted by molar-refractivity contribution is 9.10. The van der Waals surface area contributed by atoms with Gasteiger partial charge in [0.15, 0.2) is 5.82 Å². The van der Waals surface area contributed by atoms with Crippen molar-refractivity contribution in [3.8, 4) is 11.6 Å². The molecule has 17 heteroatoms. The number of benzene rings is 2. The number of nitrogens with one attached hydrogen (secondary N) is 2. The molecule has 3 aromatic heterocycles. The molecule has 222 valence electrons. The van der Waals surface area contributed by atoms with E-state index in [1.165, 1.54) is 34.7 Å². The predicted molar refractivity (Wildman–Crippen MR) is 155 cm³/mol. The number of nitrogens with zero attached hydrogens (tertiary/aromatic N) is 6. The Hall–Kier alpha value is -4.21. The molecule has 0 unspecified atom stereocenters. The van der Waals surface area contributed by atoms with E-state index in [0.717, 1.165) is 12.1 Å². The summed E-state index contributed by atoms with van der Waals surface area (Å²) >= 11 is 15.7. The molecule has 0 aliphatic heterocycles. The maximum absolute atomic E-state index is 13.7. The van der Waals surface area contributed by atoms with Crippen LogP contribution in [0.1, 0.15) is 32.1 Å². The maximum Gasteiger partial charge on any atom is 0.573 e. The van der Waals surface area contributed by atoms with Crippen LogP contribution in [0.5, 0.6) is 5.75 Å². The third-order valence-corrected chi connectivity index (χ3v) is 7.15. The monoisotopic (exact) mass is 696 g/mol. The number of hydrogen-bond acceptors (Lipinski definition) is 7. The maximum atomic E-state index is 13.7. The summed E-state index contributed by atoms with van der Waals surface area (Å²) in [5.41, 5.74) is 1.62. The Labute approximate surface area is 259 Å². The minimum atomic E-state index is -4.91. The number of alkyl halides is 3. The molecule has 0 aliphatic carbocycles. The van der Waals surface area contributed by atoms with Crippen molar-refractivity contribution < 1.29 is 27.5 Å². The molecule has 0 fully saturated rings. The molecule has 2 aromatic carbocycles. The van der Waals surface area contributed by atoms with Crippen molar-refractivity contribution in [2.75, 3.05) is 12.4 Å². The first-order valence-corrected chi connectivity index (χ1v) is 13.7. The molecule has 0 bridgehead atoms. The standard InChI is InChI=1S/C26H18BrCl2F3N8O3/c1-12-6-13(28)7-16(24(41)33-2)21(12)35-25(42)20-8-14(37-40(20)23-18(29)4-3-5-34-23)11-39-19-10-15(43-26(30,31)32)9-17(27)22(19)36-38-39/h3-10H,11H2,1-2H3,(H,33,41)(H,35,42). The normalized spacial score (nSPS) is 11.5. The van der Waals surface area contributed by atoms with Gasteiger partial charge in [-0.2, -0.15) is 5.10 Å². The van der Waals surface area contributed by atoms with E-state index in [1.54, 1.807) is 25.1 Å². The Bertz CT molecular complexity index is 1890. The minimum absolute atomic E-state index is 0.0144. The van der Waals surface area contributed by atoms with Gasteiger partial charge in [0.05, 0.1) is 38.5 Å². The fourth-order valence-corrected chi connectivity index (χ4v) is 5.21. The quantitative estimate of drug-likeness (QED) is 0.215. The first-order chi connectivity index (χ1) is 20.3. The van der Waals surface area contributed by atoms with Gasteiger partial charge in [0.2, 0.25) is 0 Å². The van der Waals surface area contributed by atoms with Crippen LogP contribution in [0.15, 0.2) is 53.1 Å². The van der Waals surface area contributed by atoms with Crippen LogP contribution in [0.3, 0.4) is 0 Å². The molecule has 0 spiro atoms. The summed E-state index contributed by atoms with van der Waals surface area (Å²) in [4.78, 5) is 30.5. The lowest BCUT2D eigenvalue weighted by molar-refractivity contribution is -0.274. The molecule has 0 aliphatic rings. The number of aryl methyl sites for hydroxylation is 1. The third kappa shape index (κ3) is 6.43. The summed E-state index contributed by atoms with van der Waals surface area (Å²) in [7, 11) is 1.44. The topological polar surface area (TPSA) is 129 Å². The van der Waals surface area contributed by atoms with Gasteiger partial charge < -0.3 is 15.4 Å². The van der Waals surface area contributed by atoms with Crippen LogP contribution in [0, 0.1) is 6.92 Å². The first-order valence-electron chi connectivity index (χ1n) is 12.2. The van der Waals surface area contributed by atoms with Crippen LogP contribution in [0.4, 0.5) is 18.9 Å². The second-order valence-corrected chi connectivity index (χ2v) is 10.7. The summed E-state index contributed by atoms with van der Waals surface area (Å²) in [5, 5.41) is 18.3. The number of rotatable bonds is 7. The van der Waals surface area contributed by atoms with Crippen molar-refractivity contribution in [3.63, 3.8) is 0 Å². The molecule has 5 rings (SSSR count). The lowest BCUT2D eigenvalue weighted by atomic mass is 10.1. The molecule has 0 atom stereocenters. The highest BCUT2D eigenvalue weighted by Gasteiger charge is 2.32. The van der Waals surface area contributed by atoms with E-state index in [0.29, 0.717) is 10.6 Å². The molecule has 2 N–H and O–H groups in total.